The molecule has 100 valence electrons. The average molecular weight is 258 g/mol. The molecule has 1 N–H and O–H groups in total. The summed E-state index contributed by atoms with van der Waals surface area (Å²) < 4.78 is 0. The van der Waals surface area contributed by atoms with E-state index in [0.717, 1.165) is 17.1 Å². The molecule has 0 fully saturated rings. The van der Waals surface area contributed by atoms with Gasteiger partial charge in [0.05, 0.1) is 17.9 Å². The van der Waals surface area contributed by atoms with Crippen LogP contribution in [0.25, 0.3) is 5.69 Å². The number of hydrogen-bond acceptors (Lipinski definition) is 3. The number of rotatable bonds is 4. The van der Waals surface area contributed by atoms with E-state index in [1.807, 2.05) is 51.1 Å². The van der Waals surface area contributed by atoms with Crippen LogP contribution in [-0.2, 0) is 11.3 Å². The van der Waals surface area contributed by atoms with Crippen LogP contribution in [0.5, 0.6) is 0 Å². The molecule has 0 atom stereocenters. The molecule has 0 bridgehead atoms. The molecule has 0 saturated heterocycles. The lowest BCUT2D eigenvalue weighted by molar-refractivity contribution is -0.124. The fraction of sp³-hybridized carbons (Fsp3) is 0.357. The molecule has 19 heavy (non-hydrogen) atoms. The van der Waals surface area contributed by atoms with Crippen molar-refractivity contribution in [3.63, 3.8) is 0 Å². The van der Waals surface area contributed by atoms with Crippen molar-refractivity contribution in [3.05, 3.63) is 41.7 Å². The second kappa shape index (κ2) is 5.65. The first-order valence-electron chi connectivity index (χ1n) is 6.34. The molecule has 0 spiro atoms. The quantitative estimate of drug-likeness (QED) is 0.910. The number of carbonyl (C=O) groups excluding carboxylic acids is 1. The molecular weight excluding hydrogens is 240 g/mol. The van der Waals surface area contributed by atoms with Crippen LogP contribution in [0.1, 0.15) is 25.2 Å². The minimum absolute atomic E-state index is 0.0219. The standard InChI is InChI=1S/C14H18N4O/c1-10(2)14(19)15-9-13-11(3)16-18(17-13)12-7-5-4-6-8-12/h4-8,10H,9H2,1-3H3,(H,15,19). The van der Waals surface area contributed by atoms with Gasteiger partial charge in [0.25, 0.3) is 0 Å². The van der Waals surface area contributed by atoms with Crippen molar-refractivity contribution in [2.45, 2.75) is 27.3 Å². The van der Waals surface area contributed by atoms with Crippen molar-refractivity contribution in [2.24, 2.45) is 5.92 Å². The third-order valence-electron chi connectivity index (χ3n) is 2.82. The molecule has 0 saturated carbocycles. The fourth-order valence-corrected chi connectivity index (χ4v) is 1.62. The van der Waals surface area contributed by atoms with Crippen molar-refractivity contribution in [3.8, 4) is 5.69 Å². The smallest absolute Gasteiger partial charge is 0.222 e. The van der Waals surface area contributed by atoms with E-state index in [1.54, 1.807) is 4.80 Å². The molecule has 0 unspecified atom stereocenters. The van der Waals surface area contributed by atoms with Gasteiger partial charge in [-0.15, -0.1) is 0 Å². The Balaban J connectivity index is 2.12. The predicted octanol–water partition coefficient (Wildman–Crippen LogP) is 1.85. The molecule has 1 aromatic carbocycles. The first kappa shape index (κ1) is 13.3. The highest BCUT2D eigenvalue weighted by molar-refractivity contribution is 5.77. The summed E-state index contributed by atoms with van der Waals surface area (Å²) in [5.74, 6) is -0.00173. The molecule has 2 aromatic rings. The van der Waals surface area contributed by atoms with Crippen molar-refractivity contribution < 1.29 is 4.79 Å². The molecule has 5 nitrogen and oxygen atoms in total. The Labute approximate surface area is 112 Å². The fourth-order valence-electron chi connectivity index (χ4n) is 1.62. The van der Waals surface area contributed by atoms with E-state index in [4.69, 9.17) is 0 Å². The SMILES string of the molecule is Cc1nn(-c2ccccc2)nc1CNC(=O)C(C)C. The summed E-state index contributed by atoms with van der Waals surface area (Å²) in [5.41, 5.74) is 2.53. The van der Waals surface area contributed by atoms with E-state index in [1.165, 1.54) is 0 Å². The van der Waals surface area contributed by atoms with Crippen molar-refractivity contribution in [1.29, 1.82) is 0 Å². The number of hydrogen-bond donors (Lipinski definition) is 1. The van der Waals surface area contributed by atoms with Gasteiger partial charge in [-0.1, -0.05) is 32.0 Å². The number of carbonyl (C=O) groups is 1. The highest BCUT2D eigenvalue weighted by atomic mass is 16.1. The van der Waals surface area contributed by atoms with Crippen molar-refractivity contribution in [1.82, 2.24) is 20.3 Å². The van der Waals surface area contributed by atoms with Crippen LogP contribution in [0.3, 0.4) is 0 Å². The lowest BCUT2D eigenvalue weighted by Crippen LogP contribution is -2.27. The van der Waals surface area contributed by atoms with Crippen LogP contribution in [0, 0.1) is 12.8 Å². The zero-order chi connectivity index (χ0) is 13.8. The van der Waals surface area contributed by atoms with Crippen LogP contribution in [0.15, 0.2) is 30.3 Å². The Hall–Kier alpha value is -2.17. The van der Waals surface area contributed by atoms with E-state index >= 15 is 0 Å². The minimum atomic E-state index is -0.0236. The molecule has 0 aliphatic carbocycles. The number of para-hydroxylation sites is 1. The normalized spacial score (nSPS) is 10.7. The highest BCUT2D eigenvalue weighted by Crippen LogP contribution is 2.08. The maximum atomic E-state index is 11.5. The molecule has 0 aliphatic rings. The van der Waals surface area contributed by atoms with Gasteiger partial charge in [-0.3, -0.25) is 4.79 Å². The topological polar surface area (TPSA) is 59.8 Å². The average Bonchev–Trinajstić information content (AvgIpc) is 2.78. The zero-order valence-corrected chi connectivity index (χ0v) is 11.4. The van der Waals surface area contributed by atoms with E-state index < -0.39 is 0 Å². The summed E-state index contributed by atoms with van der Waals surface area (Å²) >= 11 is 0. The summed E-state index contributed by atoms with van der Waals surface area (Å²) in [6.45, 7) is 6.03. The number of benzene rings is 1. The Morgan fingerprint density at radius 2 is 1.95 bits per heavy atom. The van der Waals surface area contributed by atoms with Crippen LogP contribution in [0.4, 0.5) is 0 Å². The maximum absolute atomic E-state index is 11.5. The molecule has 1 amide bonds. The van der Waals surface area contributed by atoms with Gasteiger partial charge in [-0.05, 0) is 19.1 Å². The van der Waals surface area contributed by atoms with E-state index in [2.05, 4.69) is 15.5 Å². The Bertz CT molecular complexity index is 560. The van der Waals surface area contributed by atoms with Crippen molar-refractivity contribution in [2.75, 3.05) is 0 Å². The van der Waals surface area contributed by atoms with Crippen LogP contribution in [-0.4, -0.2) is 20.9 Å². The number of aromatic nitrogens is 3. The summed E-state index contributed by atoms with van der Waals surface area (Å²) in [5, 5.41) is 11.6. The lowest BCUT2D eigenvalue weighted by Gasteiger charge is -2.05. The van der Waals surface area contributed by atoms with Crippen LogP contribution < -0.4 is 5.32 Å². The van der Waals surface area contributed by atoms with Crippen LogP contribution in [0.2, 0.25) is 0 Å². The van der Waals surface area contributed by atoms with Crippen LogP contribution >= 0.6 is 0 Å². The molecular formula is C14H18N4O. The molecule has 0 aliphatic heterocycles. The summed E-state index contributed by atoms with van der Waals surface area (Å²) in [6.07, 6.45) is 0. The molecule has 1 aromatic heterocycles. The number of nitrogens with one attached hydrogen (secondary N) is 1. The lowest BCUT2D eigenvalue weighted by atomic mass is 10.2. The summed E-state index contributed by atoms with van der Waals surface area (Å²) in [7, 11) is 0. The summed E-state index contributed by atoms with van der Waals surface area (Å²) in [4.78, 5) is 13.1. The Morgan fingerprint density at radius 1 is 1.26 bits per heavy atom. The van der Waals surface area contributed by atoms with Gasteiger partial charge in [0.15, 0.2) is 0 Å². The monoisotopic (exact) mass is 258 g/mol. The molecule has 5 heteroatoms. The van der Waals surface area contributed by atoms with E-state index in [0.29, 0.717) is 6.54 Å². The van der Waals surface area contributed by atoms with Gasteiger partial charge < -0.3 is 5.32 Å². The second-order valence-electron chi connectivity index (χ2n) is 4.73. The van der Waals surface area contributed by atoms with Gasteiger partial charge in [0, 0.05) is 5.92 Å². The number of aryl methyl sites for hydroxylation is 1. The third-order valence-corrected chi connectivity index (χ3v) is 2.82. The summed E-state index contributed by atoms with van der Waals surface area (Å²) in [6, 6.07) is 9.71. The first-order valence-corrected chi connectivity index (χ1v) is 6.34. The van der Waals surface area contributed by atoms with Crippen molar-refractivity contribution >= 4 is 5.91 Å². The number of amides is 1. The molecule has 0 radical (unpaired) electrons. The number of nitrogens with zero attached hydrogens (tertiary/aromatic N) is 3. The van der Waals surface area contributed by atoms with Gasteiger partial charge in [-0.2, -0.15) is 15.0 Å². The van der Waals surface area contributed by atoms with E-state index in [9.17, 15) is 4.79 Å². The predicted molar refractivity (Wildman–Crippen MR) is 72.8 cm³/mol. The largest absolute Gasteiger partial charge is 0.350 e. The minimum Gasteiger partial charge on any atom is -0.350 e. The van der Waals surface area contributed by atoms with Gasteiger partial charge in [0.1, 0.15) is 5.69 Å². The van der Waals surface area contributed by atoms with Gasteiger partial charge >= 0.3 is 0 Å². The van der Waals surface area contributed by atoms with E-state index in [-0.39, 0.29) is 11.8 Å². The third kappa shape index (κ3) is 3.19. The highest BCUT2D eigenvalue weighted by Gasteiger charge is 2.11. The maximum Gasteiger partial charge on any atom is 0.222 e. The Morgan fingerprint density at radius 3 is 2.58 bits per heavy atom. The van der Waals surface area contributed by atoms with Gasteiger partial charge in [-0.25, -0.2) is 0 Å². The molecule has 1 heterocycles. The first-order chi connectivity index (χ1) is 9.08. The molecule has 2 rings (SSSR count). The van der Waals surface area contributed by atoms with Gasteiger partial charge in [0.2, 0.25) is 5.91 Å². The Kier molecular flexibility index (Phi) is 3.94. The second-order valence-corrected chi connectivity index (χ2v) is 4.73. The zero-order valence-electron chi connectivity index (χ0n) is 11.4.